The van der Waals surface area contributed by atoms with Crippen LogP contribution >= 0.6 is 0 Å². The summed E-state index contributed by atoms with van der Waals surface area (Å²) in [7, 11) is 3.67. The van der Waals surface area contributed by atoms with E-state index in [4.69, 9.17) is 9.47 Å². The maximum absolute atomic E-state index is 11.9. The Morgan fingerprint density at radius 1 is 1.67 bits per heavy atom. The Bertz CT molecular complexity index is 208. The Balaban J connectivity index is 2.37. The topological polar surface area (TPSA) is 38.8 Å². The maximum atomic E-state index is 11.9. The Morgan fingerprint density at radius 3 is 3.00 bits per heavy atom. The van der Waals surface area contributed by atoms with Crippen molar-refractivity contribution in [1.82, 2.24) is 4.90 Å². The first-order chi connectivity index (χ1) is 7.15. The van der Waals surface area contributed by atoms with Crippen molar-refractivity contribution in [1.29, 1.82) is 0 Å². The number of ketones is 1. The molecule has 1 saturated heterocycles. The van der Waals surface area contributed by atoms with Crippen LogP contribution in [-0.2, 0) is 14.3 Å². The van der Waals surface area contributed by atoms with E-state index in [0.29, 0.717) is 13.2 Å². The fraction of sp³-hybridized carbons (Fsp3) is 0.909. The Labute approximate surface area is 91.5 Å². The molecule has 15 heavy (non-hydrogen) atoms. The molecule has 1 fully saturated rings. The van der Waals surface area contributed by atoms with Crippen LogP contribution in [0.4, 0.5) is 0 Å². The Morgan fingerprint density at radius 2 is 2.40 bits per heavy atom. The van der Waals surface area contributed by atoms with Crippen LogP contribution in [0, 0.1) is 5.92 Å². The predicted octanol–water partition coefficient (Wildman–Crippen LogP) is 0.559. The van der Waals surface area contributed by atoms with Gasteiger partial charge in [0.05, 0.1) is 6.61 Å². The quantitative estimate of drug-likeness (QED) is 0.671. The lowest BCUT2D eigenvalue weighted by molar-refractivity contribution is -0.139. The molecule has 1 aliphatic rings. The van der Waals surface area contributed by atoms with Crippen molar-refractivity contribution in [3.05, 3.63) is 0 Å². The second kappa shape index (κ2) is 6.20. The summed E-state index contributed by atoms with van der Waals surface area (Å²) in [6.45, 7) is 4.87. The van der Waals surface area contributed by atoms with E-state index in [-0.39, 0.29) is 17.8 Å². The summed E-state index contributed by atoms with van der Waals surface area (Å²) in [5, 5.41) is 0. The van der Waals surface area contributed by atoms with Crippen LogP contribution in [0.2, 0.25) is 0 Å². The number of carbonyl (C=O) groups is 1. The normalized spacial score (nSPS) is 25.1. The third-order valence-electron chi connectivity index (χ3n) is 2.83. The first kappa shape index (κ1) is 12.6. The van der Waals surface area contributed by atoms with Gasteiger partial charge in [-0.1, -0.05) is 6.92 Å². The average molecular weight is 215 g/mol. The fourth-order valence-electron chi connectivity index (χ4n) is 1.70. The standard InChI is InChI=1S/C11H21NO3/c1-9(4-6-14-3)11(13)10-8-12(2)5-7-15-10/h9-10H,4-8H2,1-3H3. The highest BCUT2D eigenvalue weighted by molar-refractivity contribution is 5.85. The minimum atomic E-state index is -0.240. The highest BCUT2D eigenvalue weighted by atomic mass is 16.5. The summed E-state index contributed by atoms with van der Waals surface area (Å²) in [5.74, 6) is 0.236. The molecular weight excluding hydrogens is 194 g/mol. The van der Waals surface area contributed by atoms with Crippen molar-refractivity contribution in [2.75, 3.05) is 40.5 Å². The van der Waals surface area contributed by atoms with E-state index < -0.39 is 0 Å². The molecule has 0 amide bonds. The molecule has 0 aromatic rings. The first-order valence-electron chi connectivity index (χ1n) is 5.48. The number of likely N-dealkylation sites (N-methyl/N-ethyl adjacent to an activating group) is 1. The molecule has 0 saturated carbocycles. The zero-order valence-electron chi connectivity index (χ0n) is 9.86. The lowest BCUT2D eigenvalue weighted by atomic mass is 9.98. The number of carbonyl (C=O) groups excluding carboxylic acids is 1. The summed E-state index contributed by atoms with van der Waals surface area (Å²) in [6.07, 6.45) is 0.537. The molecule has 0 radical (unpaired) electrons. The van der Waals surface area contributed by atoms with E-state index in [9.17, 15) is 4.79 Å². The van der Waals surface area contributed by atoms with Crippen LogP contribution in [-0.4, -0.2) is 57.2 Å². The van der Waals surface area contributed by atoms with E-state index in [2.05, 4.69) is 4.90 Å². The number of nitrogens with zero attached hydrogens (tertiary/aromatic N) is 1. The molecule has 1 rings (SSSR count). The third-order valence-corrected chi connectivity index (χ3v) is 2.83. The third kappa shape index (κ3) is 3.89. The van der Waals surface area contributed by atoms with Gasteiger partial charge in [-0.2, -0.15) is 0 Å². The molecule has 2 unspecified atom stereocenters. The van der Waals surface area contributed by atoms with Crippen molar-refractivity contribution in [2.45, 2.75) is 19.4 Å². The zero-order valence-corrected chi connectivity index (χ0v) is 9.86. The summed E-state index contributed by atoms with van der Waals surface area (Å²) >= 11 is 0. The van der Waals surface area contributed by atoms with Gasteiger partial charge < -0.3 is 14.4 Å². The minimum Gasteiger partial charge on any atom is -0.385 e. The summed E-state index contributed by atoms with van der Waals surface area (Å²) in [4.78, 5) is 14.1. The average Bonchev–Trinajstić information content (AvgIpc) is 2.24. The molecule has 0 bridgehead atoms. The molecular formula is C11H21NO3. The van der Waals surface area contributed by atoms with Crippen molar-refractivity contribution in [3.8, 4) is 0 Å². The number of hydrogen-bond donors (Lipinski definition) is 0. The number of Topliss-reactive ketones (excluding diaryl/α,β-unsaturated/α-hetero) is 1. The van der Waals surface area contributed by atoms with Crippen molar-refractivity contribution in [2.24, 2.45) is 5.92 Å². The smallest absolute Gasteiger partial charge is 0.165 e. The molecule has 0 N–H and O–H groups in total. The zero-order chi connectivity index (χ0) is 11.3. The van der Waals surface area contributed by atoms with Crippen molar-refractivity contribution in [3.63, 3.8) is 0 Å². The van der Waals surface area contributed by atoms with Gasteiger partial charge in [0.2, 0.25) is 0 Å². The van der Waals surface area contributed by atoms with Gasteiger partial charge in [0, 0.05) is 32.7 Å². The van der Waals surface area contributed by atoms with Crippen LogP contribution in [0.1, 0.15) is 13.3 Å². The molecule has 1 aliphatic heterocycles. The van der Waals surface area contributed by atoms with Crippen LogP contribution < -0.4 is 0 Å². The summed E-state index contributed by atoms with van der Waals surface area (Å²) in [5.41, 5.74) is 0. The predicted molar refractivity (Wildman–Crippen MR) is 57.9 cm³/mol. The van der Waals surface area contributed by atoms with Gasteiger partial charge in [-0.15, -0.1) is 0 Å². The van der Waals surface area contributed by atoms with E-state index in [1.807, 2.05) is 14.0 Å². The van der Waals surface area contributed by atoms with E-state index in [1.165, 1.54) is 0 Å². The molecule has 88 valence electrons. The lowest BCUT2D eigenvalue weighted by Crippen LogP contribution is -2.45. The van der Waals surface area contributed by atoms with Gasteiger partial charge in [-0.3, -0.25) is 4.79 Å². The monoisotopic (exact) mass is 215 g/mol. The van der Waals surface area contributed by atoms with E-state index >= 15 is 0 Å². The highest BCUT2D eigenvalue weighted by Crippen LogP contribution is 2.12. The van der Waals surface area contributed by atoms with Crippen LogP contribution in [0.15, 0.2) is 0 Å². The second-order valence-electron chi connectivity index (χ2n) is 4.21. The number of rotatable bonds is 5. The molecule has 0 spiro atoms. The SMILES string of the molecule is COCCC(C)C(=O)C1CN(C)CCO1. The van der Waals surface area contributed by atoms with Gasteiger partial charge in [0.15, 0.2) is 5.78 Å². The van der Waals surface area contributed by atoms with Crippen LogP contribution in [0.25, 0.3) is 0 Å². The maximum Gasteiger partial charge on any atom is 0.165 e. The number of ether oxygens (including phenoxy) is 2. The number of methoxy groups -OCH3 is 1. The number of morpholine rings is 1. The van der Waals surface area contributed by atoms with Gasteiger partial charge in [0.1, 0.15) is 6.10 Å². The summed E-state index contributed by atoms with van der Waals surface area (Å²) < 4.78 is 10.4. The summed E-state index contributed by atoms with van der Waals surface area (Å²) in [6, 6.07) is 0. The Hall–Kier alpha value is -0.450. The van der Waals surface area contributed by atoms with E-state index in [0.717, 1.165) is 19.5 Å². The van der Waals surface area contributed by atoms with Crippen LogP contribution in [0.3, 0.4) is 0 Å². The second-order valence-corrected chi connectivity index (χ2v) is 4.21. The van der Waals surface area contributed by atoms with Gasteiger partial charge >= 0.3 is 0 Å². The molecule has 0 aromatic heterocycles. The molecule has 4 heteroatoms. The van der Waals surface area contributed by atoms with Gasteiger partial charge in [0.25, 0.3) is 0 Å². The van der Waals surface area contributed by atoms with Crippen molar-refractivity contribution >= 4 is 5.78 Å². The van der Waals surface area contributed by atoms with Gasteiger partial charge in [-0.05, 0) is 13.5 Å². The van der Waals surface area contributed by atoms with Gasteiger partial charge in [-0.25, -0.2) is 0 Å². The molecule has 4 nitrogen and oxygen atoms in total. The van der Waals surface area contributed by atoms with E-state index in [1.54, 1.807) is 7.11 Å². The van der Waals surface area contributed by atoms with Crippen LogP contribution in [0.5, 0.6) is 0 Å². The molecule has 1 heterocycles. The minimum absolute atomic E-state index is 0.0291. The molecule has 2 atom stereocenters. The number of hydrogen-bond acceptors (Lipinski definition) is 4. The largest absolute Gasteiger partial charge is 0.385 e. The Kier molecular flexibility index (Phi) is 5.22. The highest BCUT2D eigenvalue weighted by Gasteiger charge is 2.28. The molecule has 0 aromatic carbocycles. The molecule has 0 aliphatic carbocycles. The fourth-order valence-corrected chi connectivity index (χ4v) is 1.70. The first-order valence-corrected chi connectivity index (χ1v) is 5.48. The van der Waals surface area contributed by atoms with Crippen molar-refractivity contribution < 1.29 is 14.3 Å². The lowest BCUT2D eigenvalue weighted by Gasteiger charge is -2.30.